The number of carbonyl (C=O) groups excluding carboxylic acids is 2. The van der Waals surface area contributed by atoms with Gasteiger partial charge in [-0.15, -0.1) is 0 Å². The fraction of sp³-hybridized carbons (Fsp3) is 0.300. The molecule has 0 aromatic heterocycles. The highest BCUT2D eigenvalue weighted by Crippen LogP contribution is 2.28. The Morgan fingerprint density at radius 1 is 1.08 bits per heavy atom. The molecule has 0 spiro atoms. The minimum Gasteiger partial charge on any atom is -0.340 e. The van der Waals surface area contributed by atoms with Crippen molar-refractivity contribution in [2.75, 3.05) is 11.4 Å². The molecule has 4 nitrogen and oxygen atoms in total. The smallest absolute Gasteiger partial charge is 0.251 e. The van der Waals surface area contributed by atoms with Crippen molar-refractivity contribution in [3.8, 4) is 0 Å². The Kier molecular flexibility index (Phi) is 5.09. The molecule has 2 amide bonds. The van der Waals surface area contributed by atoms with Gasteiger partial charge >= 0.3 is 0 Å². The summed E-state index contributed by atoms with van der Waals surface area (Å²) >= 11 is 5.86. The summed E-state index contributed by atoms with van der Waals surface area (Å²) in [6, 6.07) is 14.0. The van der Waals surface area contributed by atoms with Gasteiger partial charge in [0, 0.05) is 22.8 Å². The SMILES string of the molecule is CC(C)C(NC(=O)c1ccc(Cl)cc1)C(=O)N1CCc2ccccc21. The topological polar surface area (TPSA) is 49.4 Å². The predicted octanol–water partition coefficient (Wildman–Crippen LogP) is 3.68. The molecule has 130 valence electrons. The third-order valence-corrected chi connectivity index (χ3v) is 4.73. The van der Waals surface area contributed by atoms with Crippen molar-refractivity contribution in [1.82, 2.24) is 5.32 Å². The van der Waals surface area contributed by atoms with Crippen LogP contribution in [0.5, 0.6) is 0 Å². The van der Waals surface area contributed by atoms with Gasteiger partial charge in [-0.25, -0.2) is 0 Å². The van der Waals surface area contributed by atoms with Crippen molar-refractivity contribution in [2.24, 2.45) is 5.92 Å². The maximum absolute atomic E-state index is 13.1. The minimum atomic E-state index is -0.575. The van der Waals surface area contributed by atoms with Gasteiger partial charge in [0.25, 0.3) is 5.91 Å². The van der Waals surface area contributed by atoms with Crippen molar-refractivity contribution >= 4 is 29.1 Å². The molecule has 0 bridgehead atoms. The molecular formula is C20H21ClN2O2. The predicted molar refractivity (Wildman–Crippen MR) is 100 cm³/mol. The summed E-state index contributed by atoms with van der Waals surface area (Å²) in [7, 11) is 0. The fourth-order valence-corrected chi connectivity index (χ4v) is 3.20. The van der Waals surface area contributed by atoms with Crippen molar-refractivity contribution in [2.45, 2.75) is 26.3 Å². The molecule has 0 saturated carbocycles. The first kappa shape index (κ1) is 17.5. The molecule has 2 aromatic rings. The maximum atomic E-state index is 13.1. The number of para-hydroxylation sites is 1. The van der Waals surface area contributed by atoms with Crippen LogP contribution >= 0.6 is 11.6 Å². The minimum absolute atomic E-state index is 0.0171. The van der Waals surface area contributed by atoms with E-state index in [0.717, 1.165) is 12.1 Å². The van der Waals surface area contributed by atoms with Crippen LogP contribution in [0.15, 0.2) is 48.5 Å². The third kappa shape index (κ3) is 3.69. The van der Waals surface area contributed by atoms with Crippen LogP contribution in [-0.2, 0) is 11.2 Å². The van der Waals surface area contributed by atoms with E-state index in [1.165, 1.54) is 5.56 Å². The van der Waals surface area contributed by atoms with Gasteiger partial charge in [-0.3, -0.25) is 9.59 Å². The molecule has 1 atom stereocenters. The number of amides is 2. The number of nitrogens with one attached hydrogen (secondary N) is 1. The summed E-state index contributed by atoms with van der Waals surface area (Å²) in [6.45, 7) is 4.53. The molecule has 0 saturated heterocycles. The zero-order valence-corrected chi connectivity index (χ0v) is 15.1. The second-order valence-corrected chi connectivity index (χ2v) is 7.01. The lowest BCUT2D eigenvalue weighted by molar-refractivity contribution is -0.121. The third-order valence-electron chi connectivity index (χ3n) is 4.48. The largest absolute Gasteiger partial charge is 0.340 e. The Hall–Kier alpha value is -2.33. The molecule has 0 fully saturated rings. The van der Waals surface area contributed by atoms with Crippen LogP contribution in [0.25, 0.3) is 0 Å². The number of fused-ring (bicyclic) bond motifs is 1. The summed E-state index contributed by atoms with van der Waals surface area (Å²) in [4.78, 5) is 27.4. The Morgan fingerprint density at radius 2 is 1.76 bits per heavy atom. The molecule has 1 heterocycles. The van der Waals surface area contributed by atoms with Gasteiger partial charge < -0.3 is 10.2 Å². The molecule has 3 rings (SSSR count). The molecule has 2 aromatic carbocycles. The first-order chi connectivity index (χ1) is 12.0. The number of carbonyl (C=O) groups is 2. The van der Waals surface area contributed by atoms with Gasteiger partial charge in [0.2, 0.25) is 5.91 Å². The first-order valence-corrected chi connectivity index (χ1v) is 8.81. The lowest BCUT2D eigenvalue weighted by atomic mass is 10.0. The van der Waals surface area contributed by atoms with E-state index in [-0.39, 0.29) is 17.7 Å². The number of nitrogens with zero attached hydrogens (tertiary/aromatic N) is 1. The van der Waals surface area contributed by atoms with E-state index in [1.54, 1.807) is 29.2 Å². The van der Waals surface area contributed by atoms with Crippen molar-refractivity contribution in [3.05, 3.63) is 64.7 Å². The Bertz CT molecular complexity index is 787. The molecule has 0 aliphatic carbocycles. The standard InChI is InChI=1S/C20H21ClN2O2/c1-13(2)18(22-19(24)15-7-9-16(21)10-8-15)20(25)23-12-11-14-5-3-4-6-17(14)23/h3-10,13,18H,11-12H2,1-2H3,(H,22,24). The molecule has 1 aliphatic heterocycles. The zero-order chi connectivity index (χ0) is 18.0. The van der Waals surface area contributed by atoms with E-state index >= 15 is 0 Å². The fourth-order valence-electron chi connectivity index (χ4n) is 3.07. The average Bonchev–Trinajstić information content (AvgIpc) is 3.03. The monoisotopic (exact) mass is 356 g/mol. The van der Waals surface area contributed by atoms with Crippen LogP contribution in [0.3, 0.4) is 0 Å². The van der Waals surface area contributed by atoms with E-state index in [4.69, 9.17) is 11.6 Å². The molecule has 1 aliphatic rings. The van der Waals surface area contributed by atoms with Gasteiger partial charge in [0.1, 0.15) is 6.04 Å². The van der Waals surface area contributed by atoms with Gasteiger partial charge in [-0.2, -0.15) is 0 Å². The van der Waals surface area contributed by atoms with Crippen molar-refractivity contribution in [1.29, 1.82) is 0 Å². The zero-order valence-electron chi connectivity index (χ0n) is 14.3. The Morgan fingerprint density at radius 3 is 2.44 bits per heavy atom. The van der Waals surface area contributed by atoms with E-state index in [1.807, 2.05) is 38.1 Å². The lowest BCUT2D eigenvalue weighted by Gasteiger charge is -2.27. The van der Waals surface area contributed by atoms with Crippen molar-refractivity contribution < 1.29 is 9.59 Å². The highest BCUT2D eigenvalue weighted by molar-refractivity contribution is 6.30. The van der Waals surface area contributed by atoms with E-state index in [0.29, 0.717) is 17.1 Å². The van der Waals surface area contributed by atoms with E-state index in [2.05, 4.69) is 5.32 Å². The summed E-state index contributed by atoms with van der Waals surface area (Å²) in [5.41, 5.74) is 2.60. The van der Waals surface area contributed by atoms with Crippen LogP contribution in [0.1, 0.15) is 29.8 Å². The van der Waals surface area contributed by atoms with E-state index in [9.17, 15) is 9.59 Å². The van der Waals surface area contributed by atoms with Crippen LogP contribution < -0.4 is 10.2 Å². The number of hydrogen-bond acceptors (Lipinski definition) is 2. The molecule has 25 heavy (non-hydrogen) atoms. The quantitative estimate of drug-likeness (QED) is 0.908. The number of halogens is 1. The summed E-state index contributed by atoms with van der Waals surface area (Å²) < 4.78 is 0. The second kappa shape index (κ2) is 7.28. The maximum Gasteiger partial charge on any atom is 0.251 e. The summed E-state index contributed by atoms with van der Waals surface area (Å²) in [5, 5.41) is 3.46. The van der Waals surface area contributed by atoms with Gasteiger partial charge in [0.05, 0.1) is 0 Å². The molecule has 1 N–H and O–H groups in total. The number of hydrogen-bond donors (Lipinski definition) is 1. The second-order valence-electron chi connectivity index (χ2n) is 6.57. The van der Waals surface area contributed by atoms with Gasteiger partial charge in [-0.1, -0.05) is 43.6 Å². The Balaban J connectivity index is 1.78. The molecular weight excluding hydrogens is 336 g/mol. The molecule has 0 radical (unpaired) electrons. The molecule has 1 unspecified atom stereocenters. The number of anilines is 1. The van der Waals surface area contributed by atoms with Crippen molar-refractivity contribution in [3.63, 3.8) is 0 Å². The Labute approximate surface area is 152 Å². The molecule has 5 heteroatoms. The number of rotatable bonds is 4. The van der Waals surface area contributed by atoms with Crippen LogP contribution in [0.4, 0.5) is 5.69 Å². The normalized spacial score (nSPS) is 14.3. The summed E-state index contributed by atoms with van der Waals surface area (Å²) in [6.07, 6.45) is 0.845. The van der Waals surface area contributed by atoms with Gasteiger partial charge in [0.15, 0.2) is 0 Å². The van der Waals surface area contributed by atoms with Crippen LogP contribution in [0, 0.1) is 5.92 Å². The first-order valence-electron chi connectivity index (χ1n) is 8.43. The summed E-state index contributed by atoms with van der Waals surface area (Å²) in [5.74, 6) is -0.352. The lowest BCUT2D eigenvalue weighted by Crippen LogP contribution is -2.51. The average molecular weight is 357 g/mol. The van der Waals surface area contributed by atoms with Crippen LogP contribution in [0.2, 0.25) is 5.02 Å². The number of benzene rings is 2. The van der Waals surface area contributed by atoms with E-state index < -0.39 is 6.04 Å². The highest BCUT2D eigenvalue weighted by atomic mass is 35.5. The highest BCUT2D eigenvalue weighted by Gasteiger charge is 2.32. The van der Waals surface area contributed by atoms with Crippen LogP contribution in [-0.4, -0.2) is 24.4 Å². The van der Waals surface area contributed by atoms with Gasteiger partial charge in [-0.05, 0) is 48.2 Å².